The molecular formula is C18H29N5O3S. The average Bonchev–Trinajstić information content (AvgIpc) is 3.14. The number of ether oxygens (including phenoxy) is 1. The number of imide groups is 1. The number of piperidine rings is 1. The quantitative estimate of drug-likeness (QED) is 0.520. The Labute approximate surface area is 164 Å². The molecule has 2 aliphatic rings. The molecule has 0 radical (unpaired) electrons. The molecule has 1 spiro atoms. The van der Waals surface area contributed by atoms with E-state index in [1.165, 1.54) is 16.4 Å². The van der Waals surface area contributed by atoms with Crippen LogP contribution in [0, 0.1) is 12.8 Å². The van der Waals surface area contributed by atoms with Gasteiger partial charge in [0.05, 0.1) is 0 Å². The number of methoxy groups -OCH3 is 1. The van der Waals surface area contributed by atoms with Gasteiger partial charge in [0.2, 0.25) is 5.13 Å². The van der Waals surface area contributed by atoms with E-state index in [0.29, 0.717) is 58.0 Å². The van der Waals surface area contributed by atoms with E-state index in [0.717, 1.165) is 11.0 Å². The van der Waals surface area contributed by atoms with Gasteiger partial charge in [0.1, 0.15) is 11.4 Å². The van der Waals surface area contributed by atoms with E-state index >= 15 is 0 Å². The highest BCUT2D eigenvalue weighted by Gasteiger charge is 2.57. The number of nitrogens with zero attached hydrogens (tertiary/aromatic N) is 5. The molecule has 2 fully saturated rings. The summed E-state index contributed by atoms with van der Waals surface area (Å²) in [6, 6.07) is -0.148. The first-order valence-electron chi connectivity index (χ1n) is 9.57. The summed E-state index contributed by atoms with van der Waals surface area (Å²) in [5.74, 6) is 1.03. The molecule has 27 heavy (non-hydrogen) atoms. The zero-order chi connectivity index (χ0) is 19.6. The molecule has 8 nitrogen and oxygen atoms in total. The van der Waals surface area contributed by atoms with Crippen molar-refractivity contribution in [3.8, 4) is 0 Å². The molecule has 1 aromatic rings. The Balaban J connectivity index is 1.78. The van der Waals surface area contributed by atoms with Crippen molar-refractivity contribution in [1.82, 2.24) is 19.2 Å². The van der Waals surface area contributed by atoms with Crippen molar-refractivity contribution >= 4 is 28.6 Å². The van der Waals surface area contributed by atoms with Crippen molar-refractivity contribution in [2.24, 2.45) is 5.92 Å². The van der Waals surface area contributed by atoms with E-state index in [9.17, 15) is 9.59 Å². The van der Waals surface area contributed by atoms with Crippen LogP contribution in [-0.2, 0) is 9.53 Å². The first-order valence-corrected chi connectivity index (χ1v) is 10.3. The number of carbonyl (C=O) groups is 2. The Morgan fingerprint density at radius 2 is 1.96 bits per heavy atom. The minimum Gasteiger partial charge on any atom is -0.385 e. The van der Waals surface area contributed by atoms with Crippen LogP contribution in [0.2, 0.25) is 0 Å². The maximum Gasteiger partial charge on any atom is 0.327 e. The number of aryl methyl sites for hydroxylation is 1. The largest absolute Gasteiger partial charge is 0.385 e. The van der Waals surface area contributed by atoms with Crippen LogP contribution in [0.15, 0.2) is 0 Å². The van der Waals surface area contributed by atoms with Crippen LogP contribution >= 0.6 is 11.5 Å². The van der Waals surface area contributed by atoms with E-state index in [4.69, 9.17) is 4.74 Å². The third-order valence-corrected chi connectivity index (χ3v) is 6.15. The Morgan fingerprint density at radius 1 is 1.26 bits per heavy atom. The molecule has 2 saturated heterocycles. The highest BCUT2D eigenvalue weighted by atomic mass is 32.1. The van der Waals surface area contributed by atoms with E-state index in [1.54, 1.807) is 7.11 Å². The van der Waals surface area contributed by atoms with Gasteiger partial charge < -0.3 is 14.5 Å². The highest BCUT2D eigenvalue weighted by Crippen LogP contribution is 2.39. The van der Waals surface area contributed by atoms with Gasteiger partial charge in [0.25, 0.3) is 5.91 Å². The molecule has 1 aromatic heterocycles. The Bertz CT molecular complexity index is 684. The number of carbonyl (C=O) groups excluding carboxylic acids is 2. The summed E-state index contributed by atoms with van der Waals surface area (Å²) < 4.78 is 9.34. The summed E-state index contributed by atoms with van der Waals surface area (Å²) in [6.45, 7) is 9.01. The zero-order valence-electron chi connectivity index (χ0n) is 16.6. The monoisotopic (exact) mass is 395 g/mol. The third-order valence-electron chi connectivity index (χ3n) is 5.28. The van der Waals surface area contributed by atoms with E-state index in [2.05, 4.69) is 28.1 Å². The zero-order valence-corrected chi connectivity index (χ0v) is 17.4. The highest BCUT2D eigenvalue weighted by molar-refractivity contribution is 7.09. The van der Waals surface area contributed by atoms with E-state index < -0.39 is 5.54 Å². The van der Waals surface area contributed by atoms with Crippen molar-refractivity contribution in [2.45, 2.75) is 45.6 Å². The first-order chi connectivity index (χ1) is 12.9. The van der Waals surface area contributed by atoms with Crippen molar-refractivity contribution in [3.05, 3.63) is 5.82 Å². The fourth-order valence-electron chi connectivity index (χ4n) is 3.93. The molecule has 150 valence electrons. The van der Waals surface area contributed by atoms with Gasteiger partial charge in [-0.25, -0.2) is 9.78 Å². The molecule has 0 aliphatic carbocycles. The fourth-order valence-corrected chi connectivity index (χ4v) is 4.66. The standard InChI is InChI=1S/C18H29N5O3S/c1-13(2)12-23-17(25)22(8-5-11-26-4)15(24)18(23)6-9-21(10-7-18)16-19-14(3)20-27-16/h13H,5-12H2,1-4H3. The van der Waals surface area contributed by atoms with Crippen LogP contribution in [0.25, 0.3) is 0 Å². The number of aromatic nitrogens is 2. The Morgan fingerprint density at radius 3 is 2.52 bits per heavy atom. The summed E-state index contributed by atoms with van der Waals surface area (Å²) in [5, 5.41) is 0.895. The van der Waals surface area contributed by atoms with Crippen LogP contribution in [0.5, 0.6) is 0 Å². The smallest absolute Gasteiger partial charge is 0.327 e. The lowest BCUT2D eigenvalue weighted by Gasteiger charge is -2.42. The van der Waals surface area contributed by atoms with Gasteiger partial charge in [0.15, 0.2) is 0 Å². The van der Waals surface area contributed by atoms with Crippen LogP contribution < -0.4 is 4.90 Å². The van der Waals surface area contributed by atoms with Crippen molar-refractivity contribution < 1.29 is 14.3 Å². The van der Waals surface area contributed by atoms with Gasteiger partial charge in [-0.05, 0) is 32.1 Å². The summed E-state index contributed by atoms with van der Waals surface area (Å²) in [4.78, 5) is 36.2. The molecule has 9 heteroatoms. The van der Waals surface area contributed by atoms with Gasteiger partial charge >= 0.3 is 6.03 Å². The molecule has 2 aliphatic heterocycles. The molecule has 3 amide bonds. The number of hydrogen-bond acceptors (Lipinski definition) is 7. The number of amides is 3. The fraction of sp³-hybridized carbons (Fsp3) is 0.778. The van der Waals surface area contributed by atoms with Crippen LogP contribution in [-0.4, -0.2) is 76.5 Å². The molecule has 0 saturated carbocycles. The number of anilines is 1. The molecular weight excluding hydrogens is 366 g/mol. The summed E-state index contributed by atoms with van der Waals surface area (Å²) >= 11 is 1.39. The predicted octanol–water partition coefficient (Wildman–Crippen LogP) is 2.14. The normalized spacial score (nSPS) is 19.8. The van der Waals surface area contributed by atoms with E-state index in [1.807, 2.05) is 11.8 Å². The van der Waals surface area contributed by atoms with Crippen molar-refractivity contribution in [1.29, 1.82) is 0 Å². The minimum atomic E-state index is -0.718. The second-order valence-electron chi connectivity index (χ2n) is 7.73. The van der Waals surface area contributed by atoms with Gasteiger partial charge in [-0.1, -0.05) is 13.8 Å². The lowest BCUT2D eigenvalue weighted by molar-refractivity contribution is -0.134. The van der Waals surface area contributed by atoms with Crippen LogP contribution in [0.3, 0.4) is 0 Å². The topological polar surface area (TPSA) is 78.9 Å². The maximum absolute atomic E-state index is 13.3. The molecule has 0 unspecified atom stereocenters. The van der Waals surface area contributed by atoms with Crippen LogP contribution in [0.4, 0.5) is 9.93 Å². The summed E-state index contributed by atoms with van der Waals surface area (Å²) in [7, 11) is 1.63. The SMILES string of the molecule is COCCCN1C(=O)N(CC(C)C)C2(CCN(c3nc(C)ns3)CC2)C1=O. The lowest BCUT2D eigenvalue weighted by atomic mass is 9.85. The van der Waals surface area contributed by atoms with Gasteiger partial charge in [-0.3, -0.25) is 9.69 Å². The average molecular weight is 396 g/mol. The Kier molecular flexibility index (Phi) is 6.00. The number of rotatable bonds is 7. The second kappa shape index (κ2) is 8.10. The molecule has 3 heterocycles. The maximum atomic E-state index is 13.3. The van der Waals surface area contributed by atoms with Gasteiger partial charge in [-0.15, -0.1) is 0 Å². The van der Waals surface area contributed by atoms with Gasteiger partial charge in [0, 0.05) is 51.4 Å². The van der Waals surface area contributed by atoms with E-state index in [-0.39, 0.29) is 11.9 Å². The second-order valence-corrected chi connectivity index (χ2v) is 8.46. The predicted molar refractivity (Wildman–Crippen MR) is 104 cm³/mol. The minimum absolute atomic E-state index is 0.0441. The van der Waals surface area contributed by atoms with Crippen molar-refractivity contribution in [2.75, 3.05) is 44.8 Å². The number of hydrogen-bond donors (Lipinski definition) is 0. The molecule has 0 atom stereocenters. The molecule has 3 rings (SSSR count). The molecule has 0 bridgehead atoms. The summed E-state index contributed by atoms with van der Waals surface area (Å²) in [5.41, 5.74) is -0.718. The molecule has 0 N–H and O–H groups in total. The van der Waals surface area contributed by atoms with Crippen LogP contribution in [0.1, 0.15) is 38.9 Å². The first kappa shape index (κ1) is 20.0. The van der Waals surface area contributed by atoms with Crippen molar-refractivity contribution in [3.63, 3.8) is 0 Å². The third kappa shape index (κ3) is 3.80. The number of urea groups is 1. The van der Waals surface area contributed by atoms with Gasteiger partial charge in [-0.2, -0.15) is 4.37 Å². The Hall–Kier alpha value is -1.74. The molecule has 0 aromatic carbocycles. The lowest BCUT2D eigenvalue weighted by Crippen LogP contribution is -2.57. The summed E-state index contributed by atoms with van der Waals surface area (Å²) in [6.07, 6.45) is 1.92.